The zero-order valence-corrected chi connectivity index (χ0v) is 25.0. The summed E-state index contributed by atoms with van der Waals surface area (Å²) in [6.07, 6.45) is 0. The largest absolute Gasteiger partial charge is 0.457 e. The molecule has 0 bridgehead atoms. The Morgan fingerprint density at radius 3 is 1.03 bits per heavy atom. The zero-order valence-electron chi connectivity index (χ0n) is 21.5. The SMILES string of the molecule is COP1(OC)=NP(OC)(OC)=NP(Oc2ccccc2C)(Oc2ccccc2C)=NP(OC)(OC)=N1. The average Bonchev–Trinajstić information content (AvgIpc) is 2.89. The lowest BCUT2D eigenvalue weighted by Crippen LogP contribution is -2.05. The van der Waals surface area contributed by atoms with Crippen LogP contribution in [0.4, 0.5) is 0 Å². The van der Waals surface area contributed by atoms with Crippen LogP contribution in [0.1, 0.15) is 11.1 Å². The first kappa shape index (κ1) is 29.3. The highest BCUT2D eigenvalue weighted by molar-refractivity contribution is 7.78. The number of para-hydroxylation sites is 2. The molecule has 0 N–H and O–H groups in total. The van der Waals surface area contributed by atoms with E-state index in [2.05, 4.69) is 9.03 Å². The second-order valence-electron chi connectivity index (χ2n) is 7.13. The summed E-state index contributed by atoms with van der Waals surface area (Å²) in [5.41, 5.74) is 1.67. The molecule has 0 spiro atoms. The van der Waals surface area contributed by atoms with Crippen LogP contribution >= 0.6 is 30.6 Å². The maximum Gasteiger partial charge on any atom is 0.457 e. The minimum absolute atomic E-state index is 0.489. The van der Waals surface area contributed by atoms with Crippen LogP contribution in [-0.4, -0.2) is 42.7 Å². The van der Waals surface area contributed by atoms with Crippen LogP contribution in [0.3, 0.4) is 0 Å². The van der Waals surface area contributed by atoms with Gasteiger partial charge in [-0.1, -0.05) is 36.4 Å². The fraction of sp³-hybridized carbons (Fsp3) is 0.400. The van der Waals surface area contributed by atoms with Crippen molar-refractivity contribution in [1.29, 1.82) is 0 Å². The molecular formula is C20H32N4O8P4. The number of nitrogens with zero attached hydrogens (tertiary/aromatic N) is 4. The molecule has 16 heteroatoms. The van der Waals surface area contributed by atoms with Crippen molar-refractivity contribution in [2.75, 3.05) is 42.7 Å². The van der Waals surface area contributed by atoms with Crippen molar-refractivity contribution in [3.63, 3.8) is 0 Å². The van der Waals surface area contributed by atoms with Crippen molar-refractivity contribution in [2.45, 2.75) is 13.8 Å². The molecule has 0 fully saturated rings. The Balaban J connectivity index is 2.50. The Morgan fingerprint density at radius 2 is 0.722 bits per heavy atom. The Kier molecular flexibility index (Phi) is 9.81. The summed E-state index contributed by atoms with van der Waals surface area (Å²) in [6.45, 7) is 3.80. The van der Waals surface area contributed by atoms with Crippen LogP contribution in [-0.2, 0) is 27.1 Å². The molecule has 0 aromatic heterocycles. The lowest BCUT2D eigenvalue weighted by atomic mass is 10.2. The van der Waals surface area contributed by atoms with E-state index in [0.717, 1.165) is 11.1 Å². The van der Waals surface area contributed by atoms with Crippen LogP contribution in [0, 0.1) is 13.8 Å². The first-order valence-corrected chi connectivity index (χ1v) is 16.7. The Labute approximate surface area is 212 Å². The molecule has 1 aliphatic rings. The molecule has 3 rings (SSSR count). The van der Waals surface area contributed by atoms with E-state index < -0.39 is 30.6 Å². The van der Waals surface area contributed by atoms with Gasteiger partial charge in [-0.3, -0.25) is 0 Å². The van der Waals surface area contributed by atoms with Crippen molar-refractivity contribution < 1.29 is 36.2 Å². The maximum absolute atomic E-state index is 6.52. The number of hydrogen-bond donors (Lipinski definition) is 0. The van der Waals surface area contributed by atoms with Crippen LogP contribution in [0.2, 0.25) is 0 Å². The van der Waals surface area contributed by atoms with Gasteiger partial charge in [-0.2, -0.15) is 0 Å². The molecule has 200 valence electrons. The number of benzene rings is 2. The molecule has 1 heterocycles. The fourth-order valence-corrected chi connectivity index (χ4v) is 14.9. The number of rotatable bonds is 10. The van der Waals surface area contributed by atoms with Gasteiger partial charge in [-0.05, 0) is 37.1 Å². The van der Waals surface area contributed by atoms with E-state index in [4.69, 9.17) is 45.2 Å². The Morgan fingerprint density at radius 1 is 0.444 bits per heavy atom. The number of aryl methyl sites for hydroxylation is 2. The van der Waals surface area contributed by atoms with E-state index >= 15 is 0 Å². The van der Waals surface area contributed by atoms with Gasteiger partial charge in [0, 0.05) is 42.7 Å². The van der Waals surface area contributed by atoms with Crippen LogP contribution < -0.4 is 9.05 Å². The van der Waals surface area contributed by atoms with E-state index in [1.54, 1.807) is 12.1 Å². The highest BCUT2D eigenvalue weighted by Crippen LogP contribution is 2.79. The molecule has 36 heavy (non-hydrogen) atoms. The Hall–Kier alpha value is -1.28. The van der Waals surface area contributed by atoms with Crippen LogP contribution in [0.25, 0.3) is 0 Å². The van der Waals surface area contributed by atoms with Gasteiger partial charge in [0.1, 0.15) is 11.5 Å². The maximum atomic E-state index is 6.52. The Bertz CT molecular complexity index is 1230. The minimum Gasteiger partial charge on any atom is -0.413 e. The van der Waals surface area contributed by atoms with Crippen molar-refractivity contribution >= 4 is 30.6 Å². The third kappa shape index (κ3) is 6.23. The second kappa shape index (κ2) is 12.1. The highest BCUT2D eigenvalue weighted by atomic mass is 31.3. The third-order valence-corrected chi connectivity index (χ3v) is 15.9. The second-order valence-corrected chi connectivity index (χ2v) is 16.5. The van der Waals surface area contributed by atoms with Gasteiger partial charge in [0.2, 0.25) is 0 Å². The fourth-order valence-electron chi connectivity index (χ4n) is 2.97. The molecule has 1 aliphatic heterocycles. The summed E-state index contributed by atoms with van der Waals surface area (Å²) >= 11 is 0. The minimum atomic E-state index is -3.78. The highest BCUT2D eigenvalue weighted by Gasteiger charge is 2.43. The zero-order chi connectivity index (χ0) is 26.5. The van der Waals surface area contributed by atoms with E-state index in [1.807, 2.05) is 50.2 Å². The summed E-state index contributed by atoms with van der Waals surface area (Å²) in [7, 11) is -5.74. The molecule has 0 aliphatic carbocycles. The van der Waals surface area contributed by atoms with Crippen molar-refractivity contribution in [1.82, 2.24) is 0 Å². The molecule has 0 radical (unpaired) electrons. The molecule has 2 aromatic rings. The molecule has 0 unspecified atom stereocenters. The number of hydrogen-bond acceptors (Lipinski definition) is 12. The molecule has 2 aromatic carbocycles. The smallest absolute Gasteiger partial charge is 0.413 e. The van der Waals surface area contributed by atoms with Gasteiger partial charge >= 0.3 is 30.6 Å². The first-order valence-electron chi connectivity index (χ1n) is 10.6. The third-order valence-electron chi connectivity index (χ3n) is 4.95. The van der Waals surface area contributed by atoms with E-state index in [0.29, 0.717) is 11.5 Å². The van der Waals surface area contributed by atoms with Gasteiger partial charge in [0.05, 0.1) is 0 Å². The summed E-state index contributed by atoms with van der Waals surface area (Å²) in [6, 6.07) is 14.8. The molecule has 0 amide bonds. The average molecular weight is 580 g/mol. The van der Waals surface area contributed by atoms with Crippen LogP contribution in [0.15, 0.2) is 66.6 Å². The molecule has 12 nitrogen and oxygen atoms in total. The molecule has 0 saturated heterocycles. The molecule has 0 atom stereocenters. The summed E-state index contributed by atoms with van der Waals surface area (Å²) < 4.78 is 66.4. The van der Waals surface area contributed by atoms with Gasteiger partial charge < -0.3 is 36.2 Å². The standard InChI is InChI=1S/C20H32N4O8P4/c1-17-13-9-11-15-19(17)31-36(32-20-16-12-10-14-18(20)2)23-34(27-5,28-6)21-33(25-3,26-4)22-35(24-36,29-7)30-8/h9-16H,1-8H3. The van der Waals surface area contributed by atoms with Crippen molar-refractivity contribution in [2.24, 2.45) is 18.1 Å². The topological polar surface area (TPSA) is 123 Å². The molecule has 0 saturated carbocycles. The van der Waals surface area contributed by atoms with E-state index in [-0.39, 0.29) is 0 Å². The van der Waals surface area contributed by atoms with Crippen molar-refractivity contribution in [3.05, 3.63) is 59.7 Å². The van der Waals surface area contributed by atoms with E-state index in [9.17, 15) is 0 Å². The first-order chi connectivity index (χ1) is 17.2. The normalized spacial score (nSPS) is 19.3. The summed E-state index contributed by atoms with van der Waals surface area (Å²) in [5, 5.41) is 0. The lowest BCUT2D eigenvalue weighted by Gasteiger charge is -2.31. The lowest BCUT2D eigenvalue weighted by molar-refractivity contribution is 0.307. The van der Waals surface area contributed by atoms with E-state index in [1.165, 1.54) is 42.7 Å². The predicted octanol–water partition coefficient (Wildman–Crippen LogP) is 8.44. The quantitative estimate of drug-likeness (QED) is 0.257. The van der Waals surface area contributed by atoms with Crippen LogP contribution in [0.5, 0.6) is 11.5 Å². The van der Waals surface area contributed by atoms with Gasteiger partial charge in [0.25, 0.3) is 0 Å². The van der Waals surface area contributed by atoms with Crippen molar-refractivity contribution in [3.8, 4) is 11.5 Å². The van der Waals surface area contributed by atoms with Gasteiger partial charge in [0.15, 0.2) is 0 Å². The predicted molar refractivity (Wildman–Crippen MR) is 143 cm³/mol. The summed E-state index contributed by atoms with van der Waals surface area (Å²) in [5.74, 6) is 0.977. The van der Waals surface area contributed by atoms with Gasteiger partial charge in [-0.15, -0.1) is 18.1 Å². The van der Waals surface area contributed by atoms with Gasteiger partial charge in [-0.25, -0.2) is 0 Å². The summed E-state index contributed by atoms with van der Waals surface area (Å²) in [4.78, 5) is 0. The molecular weight excluding hydrogens is 548 g/mol. The monoisotopic (exact) mass is 580 g/mol.